The Morgan fingerprint density at radius 1 is 1.18 bits per heavy atom. The van der Waals surface area contributed by atoms with Crippen molar-refractivity contribution >= 4 is 29.3 Å². The number of rotatable bonds is 5. The number of aliphatic carboxylic acids is 1. The van der Waals surface area contributed by atoms with Gasteiger partial charge in [0.15, 0.2) is 10.8 Å². The van der Waals surface area contributed by atoms with Crippen LogP contribution in [0.4, 0.5) is 23.2 Å². The van der Waals surface area contributed by atoms with Gasteiger partial charge in [0.05, 0.1) is 0 Å². The fraction of sp³-hybridized carbons (Fsp3) is 0.238. The Kier molecular flexibility index (Phi) is 7.57. The maximum absolute atomic E-state index is 14.5. The monoisotopic (exact) mass is 497 g/mol. The summed E-state index contributed by atoms with van der Waals surface area (Å²) >= 11 is 1.49. The average Bonchev–Trinajstić information content (AvgIpc) is 3.17. The summed E-state index contributed by atoms with van der Waals surface area (Å²) in [7, 11) is 1.88. The lowest BCUT2D eigenvalue weighted by Crippen LogP contribution is -2.53. The predicted molar refractivity (Wildman–Crippen MR) is 115 cm³/mol. The molecule has 1 aromatic heterocycles. The molecule has 13 heteroatoms. The zero-order valence-electron chi connectivity index (χ0n) is 17.6. The SMILES string of the molecule is Cn1cnnc1Sc1ccc(NC(=O)c2cccc(C3(F)CNC3)c2)cc1.O=C(O)C(F)(F)F. The zero-order chi connectivity index (χ0) is 24.9. The van der Waals surface area contributed by atoms with E-state index in [1.807, 2.05) is 35.9 Å². The van der Waals surface area contributed by atoms with Crippen molar-refractivity contribution in [1.82, 2.24) is 20.1 Å². The van der Waals surface area contributed by atoms with E-state index in [0.29, 0.717) is 16.8 Å². The average molecular weight is 497 g/mol. The van der Waals surface area contributed by atoms with Crippen LogP contribution in [0.15, 0.2) is 64.9 Å². The van der Waals surface area contributed by atoms with Gasteiger partial charge in [0.2, 0.25) is 0 Å². The van der Waals surface area contributed by atoms with Gasteiger partial charge in [0.1, 0.15) is 6.33 Å². The molecule has 0 bridgehead atoms. The molecule has 3 aromatic rings. The highest BCUT2D eigenvalue weighted by atomic mass is 32.2. The molecule has 1 aliphatic heterocycles. The first-order valence-corrected chi connectivity index (χ1v) is 10.5. The van der Waals surface area contributed by atoms with Gasteiger partial charge in [-0.25, -0.2) is 9.18 Å². The second-order valence-electron chi connectivity index (χ2n) is 7.26. The number of carbonyl (C=O) groups is 2. The van der Waals surface area contributed by atoms with E-state index in [0.717, 1.165) is 10.1 Å². The summed E-state index contributed by atoms with van der Waals surface area (Å²) in [6, 6.07) is 14.2. The molecule has 0 saturated carbocycles. The smallest absolute Gasteiger partial charge is 0.475 e. The molecule has 0 atom stereocenters. The van der Waals surface area contributed by atoms with Crippen LogP contribution in [0.3, 0.4) is 0 Å². The molecule has 8 nitrogen and oxygen atoms in total. The topological polar surface area (TPSA) is 109 Å². The summed E-state index contributed by atoms with van der Waals surface area (Å²) < 4.78 is 48.1. The van der Waals surface area contributed by atoms with Crippen LogP contribution in [-0.4, -0.2) is 51.0 Å². The molecule has 0 unspecified atom stereocenters. The Bertz CT molecular complexity index is 1160. The highest BCUT2D eigenvalue weighted by Gasteiger charge is 2.39. The second kappa shape index (κ2) is 10.2. The molecule has 1 aliphatic rings. The Hall–Kier alpha value is -3.45. The van der Waals surface area contributed by atoms with E-state index in [2.05, 4.69) is 20.8 Å². The van der Waals surface area contributed by atoms with Crippen LogP contribution in [0, 0.1) is 0 Å². The Morgan fingerprint density at radius 2 is 1.82 bits per heavy atom. The van der Waals surface area contributed by atoms with Crippen molar-refractivity contribution in [1.29, 1.82) is 0 Å². The number of carbonyl (C=O) groups excluding carboxylic acids is 1. The van der Waals surface area contributed by atoms with Gasteiger partial charge in [0.25, 0.3) is 5.91 Å². The van der Waals surface area contributed by atoms with Gasteiger partial charge in [-0.1, -0.05) is 12.1 Å². The number of aromatic nitrogens is 3. The van der Waals surface area contributed by atoms with Crippen molar-refractivity contribution < 1.29 is 32.3 Å². The minimum absolute atomic E-state index is 0.263. The maximum Gasteiger partial charge on any atom is 0.490 e. The molecule has 1 amide bonds. The summed E-state index contributed by atoms with van der Waals surface area (Å²) in [6.45, 7) is 0.561. The molecule has 1 fully saturated rings. The van der Waals surface area contributed by atoms with Gasteiger partial charge in [-0.15, -0.1) is 10.2 Å². The normalized spacial score (nSPS) is 14.4. The third-order valence-electron chi connectivity index (χ3n) is 4.69. The molecule has 0 spiro atoms. The van der Waals surface area contributed by atoms with Gasteiger partial charge >= 0.3 is 12.1 Å². The molecular weight excluding hydrogens is 478 g/mol. The van der Waals surface area contributed by atoms with Crippen LogP contribution in [0.5, 0.6) is 0 Å². The van der Waals surface area contributed by atoms with Crippen LogP contribution in [0.25, 0.3) is 0 Å². The summed E-state index contributed by atoms with van der Waals surface area (Å²) in [4.78, 5) is 22.4. The Labute approximate surface area is 195 Å². The van der Waals surface area contributed by atoms with Crippen LogP contribution in [0.1, 0.15) is 15.9 Å². The van der Waals surface area contributed by atoms with Gasteiger partial charge in [-0.2, -0.15) is 13.2 Å². The van der Waals surface area contributed by atoms with Crippen LogP contribution >= 0.6 is 11.8 Å². The number of halogens is 4. The van der Waals surface area contributed by atoms with Crippen LogP contribution in [-0.2, 0) is 17.5 Å². The molecule has 2 heterocycles. The number of carboxylic acid groups (broad SMARTS) is 1. The van der Waals surface area contributed by atoms with Crippen molar-refractivity contribution in [2.24, 2.45) is 7.05 Å². The molecule has 4 rings (SSSR count). The number of anilines is 1. The highest BCUT2D eigenvalue weighted by molar-refractivity contribution is 7.99. The van der Waals surface area contributed by atoms with E-state index in [9.17, 15) is 22.4 Å². The third kappa shape index (κ3) is 6.32. The van der Waals surface area contributed by atoms with E-state index >= 15 is 0 Å². The van der Waals surface area contributed by atoms with Gasteiger partial charge in [-0.05, 0) is 53.7 Å². The summed E-state index contributed by atoms with van der Waals surface area (Å²) in [5, 5.41) is 21.6. The molecule has 3 N–H and O–H groups in total. The Balaban J connectivity index is 0.000000406. The van der Waals surface area contributed by atoms with Gasteiger partial charge in [-0.3, -0.25) is 4.79 Å². The van der Waals surface area contributed by atoms with Crippen molar-refractivity contribution in [3.8, 4) is 0 Å². The third-order valence-corrected chi connectivity index (χ3v) is 5.75. The quantitative estimate of drug-likeness (QED) is 0.462. The van der Waals surface area contributed by atoms with Crippen molar-refractivity contribution in [2.75, 3.05) is 18.4 Å². The van der Waals surface area contributed by atoms with Crippen LogP contribution < -0.4 is 10.6 Å². The molecular formula is C21H19F4N5O3S. The Morgan fingerprint density at radius 3 is 2.32 bits per heavy atom. The minimum Gasteiger partial charge on any atom is -0.475 e. The van der Waals surface area contributed by atoms with E-state index in [1.54, 1.807) is 30.6 Å². The van der Waals surface area contributed by atoms with E-state index in [-0.39, 0.29) is 19.0 Å². The lowest BCUT2D eigenvalue weighted by atomic mass is 9.89. The first-order valence-electron chi connectivity index (χ1n) is 9.71. The lowest BCUT2D eigenvalue weighted by molar-refractivity contribution is -0.192. The lowest BCUT2D eigenvalue weighted by Gasteiger charge is -2.35. The predicted octanol–water partition coefficient (Wildman–Crippen LogP) is 3.62. The molecule has 0 aliphatic carbocycles. The fourth-order valence-electron chi connectivity index (χ4n) is 2.77. The van der Waals surface area contributed by atoms with Crippen molar-refractivity contribution in [3.63, 3.8) is 0 Å². The van der Waals surface area contributed by atoms with Crippen LogP contribution in [0.2, 0.25) is 0 Å². The first-order chi connectivity index (χ1) is 16.0. The minimum atomic E-state index is -5.08. The maximum atomic E-state index is 14.5. The standard InChI is InChI=1S/C19H18FN5OS.C2HF3O2/c1-25-12-22-24-18(25)27-16-7-5-15(6-8-16)23-17(26)13-3-2-4-14(9-13)19(20)10-21-11-19;3-2(4,5)1(6)7/h2-9,12,21H,10-11H2,1H3,(H,23,26);(H,6,7). The summed E-state index contributed by atoms with van der Waals surface area (Å²) in [5.74, 6) is -3.02. The fourth-order valence-corrected chi connectivity index (χ4v) is 3.53. The number of nitrogens with zero attached hydrogens (tertiary/aromatic N) is 3. The van der Waals surface area contributed by atoms with Gasteiger partial charge < -0.3 is 20.3 Å². The number of amides is 1. The highest BCUT2D eigenvalue weighted by Crippen LogP contribution is 2.31. The molecule has 34 heavy (non-hydrogen) atoms. The number of hydrogen-bond acceptors (Lipinski definition) is 6. The van der Waals surface area contributed by atoms with E-state index in [4.69, 9.17) is 9.90 Å². The van der Waals surface area contributed by atoms with E-state index < -0.39 is 17.8 Å². The summed E-state index contributed by atoms with van der Waals surface area (Å²) in [5.41, 5.74) is 0.265. The number of benzene rings is 2. The summed E-state index contributed by atoms with van der Waals surface area (Å²) in [6.07, 6.45) is -3.44. The number of alkyl halides is 4. The largest absolute Gasteiger partial charge is 0.490 e. The van der Waals surface area contributed by atoms with E-state index in [1.165, 1.54) is 11.8 Å². The number of nitrogens with one attached hydrogen (secondary N) is 2. The molecule has 0 radical (unpaired) electrons. The number of carboxylic acids is 1. The zero-order valence-corrected chi connectivity index (χ0v) is 18.5. The van der Waals surface area contributed by atoms with Gasteiger partial charge in [0, 0.05) is 36.3 Å². The first kappa shape index (κ1) is 25.2. The molecule has 1 saturated heterocycles. The molecule has 180 valence electrons. The second-order valence-corrected chi connectivity index (χ2v) is 8.30. The number of aryl methyl sites for hydroxylation is 1. The number of hydrogen-bond donors (Lipinski definition) is 3. The van der Waals surface area contributed by atoms with Crippen molar-refractivity contribution in [3.05, 3.63) is 66.0 Å². The van der Waals surface area contributed by atoms with Crippen molar-refractivity contribution in [2.45, 2.75) is 21.9 Å². The molecule has 2 aromatic carbocycles.